The van der Waals surface area contributed by atoms with E-state index < -0.39 is 23.3 Å². The van der Waals surface area contributed by atoms with Crippen molar-refractivity contribution in [3.8, 4) is 0 Å². The first-order valence-corrected chi connectivity index (χ1v) is 18.5. The Labute approximate surface area is 316 Å². The topological polar surface area (TPSA) is 170 Å². The molecule has 304 valence electrons. The van der Waals surface area contributed by atoms with Crippen molar-refractivity contribution < 1.29 is 53.2 Å². The number of hydrogen-bond acceptors (Lipinski definition) is 13. The lowest BCUT2D eigenvalue weighted by Gasteiger charge is -2.29. The molecule has 53 heavy (non-hydrogen) atoms. The van der Waals surface area contributed by atoms with E-state index in [0.29, 0.717) is 26.4 Å². The highest BCUT2D eigenvalue weighted by Gasteiger charge is 2.28. The fourth-order valence-corrected chi connectivity index (χ4v) is 3.71. The number of hydroxylamine groups is 4. The van der Waals surface area contributed by atoms with Crippen LogP contribution in [0.2, 0.25) is 0 Å². The van der Waals surface area contributed by atoms with Gasteiger partial charge in [-0.2, -0.15) is 10.1 Å². The molecule has 0 aromatic carbocycles. The van der Waals surface area contributed by atoms with Gasteiger partial charge >= 0.3 is 0 Å². The second-order valence-corrected chi connectivity index (χ2v) is 12.1. The van der Waals surface area contributed by atoms with Crippen molar-refractivity contribution >= 4 is 24.6 Å². The lowest BCUT2D eigenvalue weighted by molar-refractivity contribution is -0.329. The zero-order valence-corrected chi connectivity index (χ0v) is 32.6. The third-order valence-electron chi connectivity index (χ3n) is 7.32. The summed E-state index contributed by atoms with van der Waals surface area (Å²) in [4.78, 5) is 40.8. The van der Waals surface area contributed by atoms with Crippen LogP contribution >= 0.6 is 0 Å². The van der Waals surface area contributed by atoms with E-state index in [9.17, 15) is 19.8 Å². The molecule has 0 radical (unpaired) electrons. The maximum Gasteiger partial charge on any atom is 0.279 e. The van der Waals surface area contributed by atoms with Gasteiger partial charge in [-0.15, -0.1) is 4.94 Å². The Balaban J connectivity index is 5.53. The fourth-order valence-electron chi connectivity index (χ4n) is 3.71. The van der Waals surface area contributed by atoms with E-state index in [-0.39, 0.29) is 63.9 Å². The molecule has 0 saturated carbocycles. The van der Waals surface area contributed by atoms with Gasteiger partial charge in [-0.25, -0.2) is 9.98 Å². The summed E-state index contributed by atoms with van der Waals surface area (Å²) in [7, 11) is 0. The molecule has 0 saturated heterocycles. The Kier molecular flexibility index (Phi) is 29.0. The summed E-state index contributed by atoms with van der Waals surface area (Å²) < 4.78 is 33.1. The molecule has 0 aliphatic heterocycles. The van der Waals surface area contributed by atoms with Crippen molar-refractivity contribution in [1.82, 2.24) is 10.1 Å². The Morgan fingerprint density at radius 3 is 1.30 bits per heavy atom. The smallest absolute Gasteiger partial charge is 0.279 e. The van der Waals surface area contributed by atoms with Crippen LogP contribution in [0.1, 0.15) is 91.9 Å². The number of aliphatic imine (C=N–C) groups is 2. The zero-order chi connectivity index (χ0) is 39.8. The molecule has 0 rings (SSSR count). The minimum Gasteiger partial charge on any atom is -0.483 e. The van der Waals surface area contributed by atoms with Crippen LogP contribution in [0, 0.1) is 0 Å². The minimum absolute atomic E-state index is 0.00720. The standard InChI is InChI=1S/C38H66N4O11/c1-9-15-21-49-29-39-37(45,13-5)19-25-47-27-33(7)35(43)41(31-51-23-17-11-3)53-42(32-52-24-18-12-4)36(44)34(8)28-48-26-20-38(46,14-6)40-30-50-22-16-10-2/h13-14,29-30,45-46H,5-12,15-28,31-32H2,1-4H3/b39-29-,40-30+. The number of unbranched alkanes of at least 4 members (excludes halogenated alkanes) is 4. The third-order valence-corrected chi connectivity index (χ3v) is 7.32. The van der Waals surface area contributed by atoms with Crippen molar-refractivity contribution in [2.24, 2.45) is 9.98 Å². The van der Waals surface area contributed by atoms with Crippen LogP contribution < -0.4 is 0 Å². The summed E-state index contributed by atoms with van der Waals surface area (Å²) in [5, 5.41) is 23.0. The number of hydrogen-bond donors (Lipinski definition) is 2. The number of rotatable bonds is 36. The molecule has 0 aliphatic carbocycles. The Morgan fingerprint density at radius 1 is 0.604 bits per heavy atom. The quantitative estimate of drug-likeness (QED) is 0.0160. The van der Waals surface area contributed by atoms with Crippen LogP contribution in [0.3, 0.4) is 0 Å². The van der Waals surface area contributed by atoms with Gasteiger partial charge < -0.3 is 38.6 Å². The highest BCUT2D eigenvalue weighted by Crippen LogP contribution is 2.16. The first-order valence-electron chi connectivity index (χ1n) is 18.5. The zero-order valence-electron chi connectivity index (χ0n) is 32.6. The predicted molar refractivity (Wildman–Crippen MR) is 204 cm³/mol. The Hall–Kier alpha value is -3.44. The average molecular weight is 755 g/mol. The molecule has 15 nitrogen and oxygen atoms in total. The third kappa shape index (κ3) is 23.8. The van der Waals surface area contributed by atoms with Gasteiger partial charge in [-0.05, 0) is 37.8 Å². The lowest BCUT2D eigenvalue weighted by atomic mass is 10.1. The van der Waals surface area contributed by atoms with Crippen LogP contribution in [-0.4, -0.2) is 123 Å². The van der Waals surface area contributed by atoms with Crippen LogP contribution in [0.25, 0.3) is 0 Å². The fraction of sp³-hybridized carbons (Fsp3) is 0.684. The van der Waals surface area contributed by atoms with E-state index >= 15 is 0 Å². The Morgan fingerprint density at radius 2 is 0.962 bits per heavy atom. The molecule has 0 fully saturated rings. The van der Waals surface area contributed by atoms with E-state index in [4.69, 9.17) is 33.4 Å². The van der Waals surface area contributed by atoms with Crippen LogP contribution in [0.4, 0.5) is 0 Å². The molecule has 0 aromatic heterocycles. The van der Waals surface area contributed by atoms with Crippen LogP contribution in [0.15, 0.2) is 59.6 Å². The van der Waals surface area contributed by atoms with Crippen molar-refractivity contribution in [2.75, 3.05) is 66.3 Å². The molecular formula is C38H66N4O11. The monoisotopic (exact) mass is 754 g/mol. The normalized spacial score (nSPS) is 13.7. The second kappa shape index (κ2) is 31.0. The minimum atomic E-state index is -1.62. The average Bonchev–Trinajstić information content (AvgIpc) is 3.16. The molecule has 15 heteroatoms. The van der Waals surface area contributed by atoms with Gasteiger partial charge in [-0.1, -0.05) is 79.7 Å². The summed E-state index contributed by atoms with van der Waals surface area (Å²) in [5.41, 5.74) is -3.25. The van der Waals surface area contributed by atoms with Crippen molar-refractivity contribution in [1.29, 1.82) is 0 Å². The highest BCUT2D eigenvalue weighted by molar-refractivity contribution is 5.93. The van der Waals surface area contributed by atoms with E-state index in [0.717, 1.165) is 61.5 Å². The van der Waals surface area contributed by atoms with E-state index in [1.807, 2.05) is 27.7 Å². The molecule has 2 N–H and O–H groups in total. The Bertz CT molecular complexity index is 1040. The summed E-state index contributed by atoms with van der Waals surface area (Å²) in [6.45, 7) is 23.5. The van der Waals surface area contributed by atoms with Crippen LogP contribution in [-0.2, 0) is 42.9 Å². The van der Waals surface area contributed by atoms with E-state index in [1.165, 1.54) is 25.0 Å². The highest BCUT2D eigenvalue weighted by atomic mass is 16.9. The van der Waals surface area contributed by atoms with Gasteiger partial charge in [0.25, 0.3) is 11.8 Å². The first-order chi connectivity index (χ1) is 25.5. The number of nitrogens with zero attached hydrogens (tertiary/aromatic N) is 4. The van der Waals surface area contributed by atoms with Gasteiger partial charge in [0.2, 0.25) is 0 Å². The second-order valence-electron chi connectivity index (χ2n) is 12.1. The molecule has 0 aliphatic rings. The molecular weight excluding hydrogens is 688 g/mol. The number of carbonyl (C=O) groups is 2. The van der Waals surface area contributed by atoms with Gasteiger partial charge in [-0.3, -0.25) is 9.59 Å². The van der Waals surface area contributed by atoms with Crippen molar-refractivity contribution in [2.45, 2.75) is 103 Å². The van der Waals surface area contributed by atoms with Gasteiger partial charge in [0.05, 0.1) is 39.6 Å². The summed E-state index contributed by atoms with van der Waals surface area (Å²) in [6, 6.07) is 0. The molecule has 2 atom stereocenters. The largest absolute Gasteiger partial charge is 0.483 e. The summed E-state index contributed by atoms with van der Waals surface area (Å²) >= 11 is 0. The van der Waals surface area contributed by atoms with E-state index in [2.05, 4.69) is 36.3 Å². The maximum absolute atomic E-state index is 13.5. The van der Waals surface area contributed by atoms with E-state index in [1.54, 1.807) is 0 Å². The van der Waals surface area contributed by atoms with Crippen molar-refractivity contribution in [3.05, 3.63) is 49.6 Å². The molecule has 2 amide bonds. The molecule has 0 aromatic rings. The van der Waals surface area contributed by atoms with Gasteiger partial charge in [0, 0.05) is 37.2 Å². The SMILES string of the molecule is C=CC(O)(CCOCC(=C)C(=O)N(COCCCC)ON(COCCCC)C(=O)C(=C)COCCC(O)(C=C)/N=C/OCCCC)/N=C\OCCCC. The number of carbonyl (C=O) groups excluding carboxylic acids is 2. The maximum atomic E-state index is 13.5. The van der Waals surface area contributed by atoms with Gasteiger partial charge in [0.1, 0.15) is 13.5 Å². The summed E-state index contributed by atoms with van der Waals surface area (Å²) in [6.07, 6.45) is 11.9. The lowest BCUT2D eigenvalue weighted by Crippen LogP contribution is -2.45. The number of ether oxygens (including phenoxy) is 6. The molecule has 0 bridgehead atoms. The molecule has 0 heterocycles. The van der Waals surface area contributed by atoms with Crippen molar-refractivity contribution in [3.63, 3.8) is 0 Å². The van der Waals surface area contributed by atoms with Crippen LogP contribution in [0.5, 0.6) is 0 Å². The summed E-state index contributed by atoms with van der Waals surface area (Å²) in [5.74, 6) is -1.42. The molecule has 0 spiro atoms. The first kappa shape index (κ1) is 49.6. The van der Waals surface area contributed by atoms with Gasteiger partial charge in [0.15, 0.2) is 24.3 Å². The number of aliphatic hydroxyl groups is 2. The number of amides is 2. The molecule has 2 unspecified atom stereocenters. The predicted octanol–water partition coefficient (Wildman–Crippen LogP) is 5.40.